The molecular formula is C17H24N2O2. The molecule has 4 heteroatoms. The van der Waals surface area contributed by atoms with Crippen LogP contribution < -0.4 is 15.8 Å². The SMILES string of the molecule is NC1CCC(CNC(=O)C2COc3ccccc3C2)CC1. The minimum Gasteiger partial charge on any atom is -0.492 e. The van der Waals surface area contributed by atoms with Gasteiger partial charge in [-0.2, -0.15) is 0 Å². The number of nitrogens with two attached hydrogens (primary N) is 1. The van der Waals surface area contributed by atoms with E-state index in [2.05, 4.69) is 5.32 Å². The fraction of sp³-hybridized carbons (Fsp3) is 0.588. The van der Waals surface area contributed by atoms with Crippen molar-refractivity contribution < 1.29 is 9.53 Å². The lowest BCUT2D eigenvalue weighted by molar-refractivity contribution is -0.126. The molecule has 4 nitrogen and oxygen atoms in total. The molecule has 0 spiro atoms. The number of carbonyl (C=O) groups excluding carboxylic acids is 1. The molecule has 2 aliphatic rings. The molecule has 1 aromatic carbocycles. The van der Waals surface area contributed by atoms with E-state index in [9.17, 15) is 4.79 Å². The van der Waals surface area contributed by atoms with Crippen LogP contribution in [0.5, 0.6) is 5.75 Å². The Hall–Kier alpha value is -1.55. The zero-order chi connectivity index (χ0) is 14.7. The minimum atomic E-state index is -0.0641. The van der Waals surface area contributed by atoms with Gasteiger partial charge in [-0.25, -0.2) is 0 Å². The van der Waals surface area contributed by atoms with Crippen LogP contribution in [0.3, 0.4) is 0 Å². The van der Waals surface area contributed by atoms with Gasteiger partial charge < -0.3 is 15.8 Å². The number of fused-ring (bicyclic) bond motifs is 1. The van der Waals surface area contributed by atoms with E-state index in [1.54, 1.807) is 0 Å². The van der Waals surface area contributed by atoms with Crippen LogP contribution in [-0.4, -0.2) is 25.1 Å². The van der Waals surface area contributed by atoms with Crippen molar-refractivity contribution in [2.75, 3.05) is 13.2 Å². The van der Waals surface area contributed by atoms with Gasteiger partial charge in [-0.05, 0) is 49.7 Å². The molecule has 1 saturated carbocycles. The molecule has 1 unspecified atom stereocenters. The maximum Gasteiger partial charge on any atom is 0.226 e. The summed E-state index contributed by atoms with van der Waals surface area (Å²) in [7, 11) is 0. The predicted octanol–water partition coefficient (Wildman–Crippen LogP) is 1.87. The molecule has 1 fully saturated rings. The van der Waals surface area contributed by atoms with Gasteiger partial charge in [0.2, 0.25) is 5.91 Å². The Labute approximate surface area is 126 Å². The molecule has 1 aliphatic heterocycles. The second kappa shape index (κ2) is 6.48. The van der Waals surface area contributed by atoms with Gasteiger partial charge in [0.05, 0.1) is 5.92 Å². The zero-order valence-electron chi connectivity index (χ0n) is 12.4. The molecule has 0 radical (unpaired) electrons. The molecular weight excluding hydrogens is 264 g/mol. The van der Waals surface area contributed by atoms with E-state index in [1.165, 1.54) is 0 Å². The van der Waals surface area contributed by atoms with Gasteiger partial charge in [0.1, 0.15) is 12.4 Å². The molecule has 1 aromatic rings. The van der Waals surface area contributed by atoms with E-state index in [4.69, 9.17) is 10.5 Å². The van der Waals surface area contributed by atoms with E-state index in [1.807, 2.05) is 24.3 Å². The number of ether oxygens (including phenoxy) is 1. The molecule has 1 aliphatic carbocycles. The van der Waals surface area contributed by atoms with Crippen molar-refractivity contribution in [2.45, 2.75) is 38.1 Å². The van der Waals surface area contributed by atoms with Gasteiger partial charge in [-0.1, -0.05) is 18.2 Å². The molecule has 1 atom stereocenters. The first kappa shape index (κ1) is 14.4. The molecule has 114 valence electrons. The van der Waals surface area contributed by atoms with E-state index < -0.39 is 0 Å². The van der Waals surface area contributed by atoms with Gasteiger partial charge in [0, 0.05) is 12.6 Å². The highest BCUT2D eigenvalue weighted by Gasteiger charge is 2.26. The van der Waals surface area contributed by atoms with E-state index in [-0.39, 0.29) is 11.8 Å². The number of hydrogen-bond acceptors (Lipinski definition) is 3. The first-order valence-electron chi connectivity index (χ1n) is 7.96. The van der Waals surface area contributed by atoms with Crippen molar-refractivity contribution in [1.82, 2.24) is 5.32 Å². The Morgan fingerprint density at radius 3 is 2.81 bits per heavy atom. The van der Waals surface area contributed by atoms with Crippen molar-refractivity contribution in [3.63, 3.8) is 0 Å². The number of para-hydroxylation sites is 1. The van der Waals surface area contributed by atoms with Crippen LogP contribution in [0.15, 0.2) is 24.3 Å². The number of hydrogen-bond donors (Lipinski definition) is 2. The van der Waals surface area contributed by atoms with Crippen molar-refractivity contribution in [3.05, 3.63) is 29.8 Å². The first-order chi connectivity index (χ1) is 10.2. The number of carbonyl (C=O) groups is 1. The third-order valence-corrected chi connectivity index (χ3v) is 4.71. The first-order valence-corrected chi connectivity index (χ1v) is 7.96. The normalized spacial score (nSPS) is 28.3. The third-order valence-electron chi connectivity index (χ3n) is 4.71. The van der Waals surface area contributed by atoms with E-state index in [0.29, 0.717) is 18.6 Å². The highest BCUT2D eigenvalue weighted by molar-refractivity contribution is 5.79. The lowest BCUT2D eigenvalue weighted by atomic mass is 9.86. The summed E-state index contributed by atoms with van der Waals surface area (Å²) in [6.45, 7) is 1.27. The van der Waals surface area contributed by atoms with Crippen molar-refractivity contribution in [3.8, 4) is 5.75 Å². The third kappa shape index (κ3) is 3.56. The van der Waals surface area contributed by atoms with E-state index in [0.717, 1.165) is 50.0 Å². The Morgan fingerprint density at radius 2 is 2.00 bits per heavy atom. The second-order valence-electron chi connectivity index (χ2n) is 6.35. The molecule has 3 N–H and O–H groups in total. The number of amides is 1. The Balaban J connectivity index is 1.48. The molecule has 0 bridgehead atoms. The van der Waals surface area contributed by atoms with Crippen LogP contribution in [0.4, 0.5) is 0 Å². The second-order valence-corrected chi connectivity index (χ2v) is 6.35. The molecule has 0 saturated heterocycles. The summed E-state index contributed by atoms with van der Waals surface area (Å²) in [5, 5.41) is 3.11. The molecule has 1 amide bonds. The van der Waals surface area contributed by atoms with Gasteiger partial charge in [0.15, 0.2) is 0 Å². The minimum absolute atomic E-state index is 0.0641. The van der Waals surface area contributed by atoms with Crippen molar-refractivity contribution in [1.29, 1.82) is 0 Å². The van der Waals surface area contributed by atoms with Crippen molar-refractivity contribution >= 4 is 5.91 Å². The van der Waals surface area contributed by atoms with Crippen LogP contribution in [0.25, 0.3) is 0 Å². The van der Waals surface area contributed by atoms with Gasteiger partial charge in [-0.15, -0.1) is 0 Å². The van der Waals surface area contributed by atoms with Crippen LogP contribution in [-0.2, 0) is 11.2 Å². The summed E-state index contributed by atoms with van der Waals surface area (Å²) < 4.78 is 5.69. The highest BCUT2D eigenvalue weighted by atomic mass is 16.5. The number of rotatable bonds is 3. The average Bonchev–Trinajstić information content (AvgIpc) is 2.53. The molecule has 0 aromatic heterocycles. The summed E-state index contributed by atoms with van der Waals surface area (Å²) in [6.07, 6.45) is 5.20. The monoisotopic (exact) mass is 288 g/mol. The largest absolute Gasteiger partial charge is 0.492 e. The standard InChI is InChI=1S/C17H24N2O2/c18-15-7-5-12(6-8-15)10-19-17(20)14-9-13-3-1-2-4-16(13)21-11-14/h1-4,12,14-15H,5-11,18H2,(H,19,20). The van der Waals surface area contributed by atoms with Crippen LogP contribution in [0, 0.1) is 11.8 Å². The Morgan fingerprint density at radius 1 is 1.24 bits per heavy atom. The average molecular weight is 288 g/mol. The topological polar surface area (TPSA) is 64.3 Å². The lowest BCUT2D eigenvalue weighted by Crippen LogP contribution is -2.40. The summed E-state index contributed by atoms with van der Waals surface area (Å²) in [6, 6.07) is 8.33. The Kier molecular flexibility index (Phi) is 4.44. The van der Waals surface area contributed by atoms with E-state index >= 15 is 0 Å². The maximum absolute atomic E-state index is 12.3. The fourth-order valence-corrected chi connectivity index (χ4v) is 3.28. The smallest absolute Gasteiger partial charge is 0.226 e. The summed E-state index contributed by atoms with van der Waals surface area (Å²) >= 11 is 0. The molecule has 1 heterocycles. The molecule has 21 heavy (non-hydrogen) atoms. The summed E-state index contributed by atoms with van der Waals surface area (Å²) in [5.41, 5.74) is 7.04. The van der Waals surface area contributed by atoms with Crippen LogP contribution in [0.2, 0.25) is 0 Å². The van der Waals surface area contributed by atoms with Crippen LogP contribution in [0.1, 0.15) is 31.2 Å². The number of nitrogens with one attached hydrogen (secondary N) is 1. The van der Waals surface area contributed by atoms with Crippen molar-refractivity contribution in [2.24, 2.45) is 17.6 Å². The highest BCUT2D eigenvalue weighted by Crippen LogP contribution is 2.27. The van der Waals surface area contributed by atoms with Gasteiger partial charge in [0.25, 0.3) is 0 Å². The summed E-state index contributed by atoms with van der Waals surface area (Å²) in [4.78, 5) is 12.3. The predicted molar refractivity (Wildman–Crippen MR) is 82.1 cm³/mol. The van der Waals surface area contributed by atoms with Crippen LogP contribution >= 0.6 is 0 Å². The Bertz CT molecular complexity index is 495. The summed E-state index contributed by atoms with van der Waals surface area (Å²) in [5.74, 6) is 1.57. The zero-order valence-corrected chi connectivity index (χ0v) is 12.4. The fourth-order valence-electron chi connectivity index (χ4n) is 3.28. The van der Waals surface area contributed by atoms with Gasteiger partial charge in [-0.3, -0.25) is 4.79 Å². The molecule has 3 rings (SSSR count). The quantitative estimate of drug-likeness (QED) is 0.892. The van der Waals surface area contributed by atoms with Gasteiger partial charge >= 0.3 is 0 Å². The maximum atomic E-state index is 12.3. The number of benzene rings is 1. The lowest BCUT2D eigenvalue weighted by Gasteiger charge is -2.28.